The number of halogens is 6. The Hall–Kier alpha value is -2.56. The van der Waals surface area contributed by atoms with Crippen molar-refractivity contribution >= 4 is 17.7 Å². The van der Waals surface area contributed by atoms with E-state index in [1.165, 1.54) is 30.9 Å². The number of amides is 1. The van der Waals surface area contributed by atoms with E-state index in [0.29, 0.717) is 34.9 Å². The molecule has 3 rings (SSSR count). The maximum Gasteiger partial charge on any atom is 0.416 e. The van der Waals surface area contributed by atoms with Crippen molar-refractivity contribution in [1.29, 1.82) is 0 Å². The Kier molecular flexibility index (Phi) is 6.35. The fourth-order valence-corrected chi connectivity index (χ4v) is 4.56. The summed E-state index contributed by atoms with van der Waals surface area (Å²) < 4.78 is 89.6. The Morgan fingerprint density at radius 2 is 1.61 bits per heavy atom. The van der Waals surface area contributed by atoms with Crippen molar-refractivity contribution < 1.29 is 40.6 Å². The molecule has 1 amide bonds. The number of methoxy groups -OCH3 is 2. The summed E-state index contributed by atoms with van der Waals surface area (Å²) in [7, 11) is 2.82. The summed E-state index contributed by atoms with van der Waals surface area (Å²) in [6.45, 7) is 0.145. The first-order valence-corrected chi connectivity index (χ1v) is 9.95. The Morgan fingerprint density at radius 1 is 1.00 bits per heavy atom. The summed E-state index contributed by atoms with van der Waals surface area (Å²) in [5.41, 5.74) is -3.22. The predicted octanol–water partition coefficient (Wildman–Crippen LogP) is 5.63. The van der Waals surface area contributed by atoms with Crippen molar-refractivity contribution in [3.63, 3.8) is 0 Å². The number of rotatable bonds is 4. The molecule has 31 heavy (non-hydrogen) atoms. The highest BCUT2D eigenvalue weighted by atomic mass is 32.2. The van der Waals surface area contributed by atoms with Crippen LogP contribution in [0.2, 0.25) is 0 Å². The van der Waals surface area contributed by atoms with Gasteiger partial charge in [-0.15, -0.1) is 11.8 Å². The van der Waals surface area contributed by atoms with E-state index in [9.17, 15) is 31.1 Å². The van der Waals surface area contributed by atoms with Crippen molar-refractivity contribution in [3.05, 3.63) is 58.7 Å². The van der Waals surface area contributed by atoms with Gasteiger partial charge in [-0.2, -0.15) is 26.3 Å². The van der Waals surface area contributed by atoms with Crippen LogP contribution in [0.15, 0.2) is 36.4 Å². The zero-order chi connectivity index (χ0) is 23.0. The van der Waals surface area contributed by atoms with Crippen molar-refractivity contribution in [1.82, 2.24) is 4.90 Å². The van der Waals surface area contributed by atoms with Crippen LogP contribution in [0, 0.1) is 0 Å². The number of para-hydroxylation sites is 1. The largest absolute Gasteiger partial charge is 0.493 e. The van der Waals surface area contributed by atoms with E-state index in [4.69, 9.17) is 9.47 Å². The van der Waals surface area contributed by atoms with Gasteiger partial charge in [0.15, 0.2) is 11.5 Å². The Morgan fingerprint density at radius 3 is 2.13 bits per heavy atom. The van der Waals surface area contributed by atoms with Gasteiger partial charge in [-0.1, -0.05) is 12.1 Å². The molecule has 2 aromatic rings. The number of benzene rings is 2. The molecule has 0 saturated carbocycles. The van der Waals surface area contributed by atoms with Crippen LogP contribution < -0.4 is 9.47 Å². The molecule has 4 nitrogen and oxygen atoms in total. The Balaban J connectivity index is 2.05. The molecule has 1 atom stereocenters. The Labute approximate surface area is 178 Å². The minimum Gasteiger partial charge on any atom is -0.493 e. The molecule has 11 heteroatoms. The predicted molar refractivity (Wildman–Crippen MR) is 102 cm³/mol. The van der Waals surface area contributed by atoms with Crippen molar-refractivity contribution in [3.8, 4) is 11.5 Å². The average molecular weight is 465 g/mol. The van der Waals surface area contributed by atoms with Crippen LogP contribution in [0.1, 0.15) is 32.4 Å². The third kappa shape index (κ3) is 4.70. The normalized spacial score (nSPS) is 17.0. The SMILES string of the molecule is COc1cccc(C2SCCN2C(=O)c2cc(C(F)(F)F)cc(C(F)(F)F)c2)c1OC. The second-order valence-electron chi connectivity index (χ2n) is 6.60. The molecule has 1 fully saturated rings. The van der Waals surface area contributed by atoms with Gasteiger partial charge >= 0.3 is 12.4 Å². The summed E-state index contributed by atoms with van der Waals surface area (Å²) in [6.07, 6.45) is -10.1. The fourth-order valence-electron chi connectivity index (χ4n) is 3.29. The number of carbonyl (C=O) groups is 1. The summed E-state index contributed by atoms with van der Waals surface area (Å²) in [4.78, 5) is 14.3. The van der Waals surface area contributed by atoms with Crippen molar-refractivity contribution in [2.45, 2.75) is 17.7 Å². The first-order chi connectivity index (χ1) is 14.5. The van der Waals surface area contributed by atoms with Gasteiger partial charge in [-0.3, -0.25) is 4.79 Å². The lowest BCUT2D eigenvalue weighted by Gasteiger charge is -2.26. The zero-order valence-corrected chi connectivity index (χ0v) is 17.1. The molecule has 0 spiro atoms. The molecule has 1 aliphatic heterocycles. The van der Waals surface area contributed by atoms with Gasteiger partial charge in [0.1, 0.15) is 5.37 Å². The minimum absolute atomic E-state index is 0.00190. The van der Waals surface area contributed by atoms with Crippen LogP contribution in [0.5, 0.6) is 11.5 Å². The van der Waals surface area contributed by atoms with Crippen LogP contribution in [0.4, 0.5) is 26.3 Å². The number of ether oxygens (including phenoxy) is 2. The molecule has 1 aliphatic rings. The summed E-state index contributed by atoms with van der Waals surface area (Å²) in [5.74, 6) is 0.235. The molecule has 0 aliphatic carbocycles. The molecule has 1 saturated heterocycles. The van der Waals surface area contributed by atoms with E-state index in [1.807, 2.05) is 0 Å². The molecule has 1 heterocycles. The first kappa shape index (κ1) is 23.1. The highest BCUT2D eigenvalue weighted by molar-refractivity contribution is 7.99. The van der Waals surface area contributed by atoms with E-state index in [-0.39, 0.29) is 12.6 Å². The van der Waals surface area contributed by atoms with E-state index in [1.54, 1.807) is 18.2 Å². The summed E-state index contributed by atoms with van der Waals surface area (Å²) in [5, 5.41) is -0.665. The van der Waals surface area contributed by atoms with E-state index in [0.717, 1.165) is 0 Å². The molecule has 0 aromatic heterocycles. The fraction of sp³-hybridized carbons (Fsp3) is 0.350. The van der Waals surface area contributed by atoms with Crippen LogP contribution in [-0.4, -0.2) is 37.3 Å². The van der Waals surface area contributed by atoms with Crippen molar-refractivity contribution in [2.75, 3.05) is 26.5 Å². The van der Waals surface area contributed by atoms with E-state index < -0.39 is 40.3 Å². The number of hydrogen-bond donors (Lipinski definition) is 0. The van der Waals surface area contributed by atoms with Gasteiger partial charge in [0.25, 0.3) is 5.91 Å². The lowest BCUT2D eigenvalue weighted by molar-refractivity contribution is -0.143. The van der Waals surface area contributed by atoms with Crippen molar-refractivity contribution in [2.24, 2.45) is 0 Å². The summed E-state index contributed by atoms with van der Waals surface area (Å²) >= 11 is 1.32. The van der Waals surface area contributed by atoms with Gasteiger partial charge in [0.05, 0.1) is 25.3 Å². The maximum atomic E-state index is 13.2. The zero-order valence-electron chi connectivity index (χ0n) is 16.3. The third-order valence-corrected chi connectivity index (χ3v) is 5.93. The first-order valence-electron chi connectivity index (χ1n) is 8.90. The topological polar surface area (TPSA) is 38.8 Å². The molecular weight excluding hydrogens is 448 g/mol. The molecule has 0 bridgehead atoms. The Bertz CT molecular complexity index is 944. The van der Waals surface area contributed by atoms with E-state index in [2.05, 4.69) is 0 Å². The smallest absolute Gasteiger partial charge is 0.416 e. The number of carbonyl (C=O) groups excluding carboxylic acids is 1. The number of alkyl halides is 6. The number of nitrogens with zero attached hydrogens (tertiary/aromatic N) is 1. The van der Waals surface area contributed by atoms with Crippen LogP contribution >= 0.6 is 11.8 Å². The lowest BCUT2D eigenvalue weighted by atomic mass is 10.0. The number of hydrogen-bond acceptors (Lipinski definition) is 4. The highest BCUT2D eigenvalue weighted by Crippen LogP contribution is 2.46. The second-order valence-corrected chi connectivity index (χ2v) is 7.79. The highest BCUT2D eigenvalue weighted by Gasteiger charge is 2.39. The lowest BCUT2D eigenvalue weighted by Crippen LogP contribution is -2.31. The third-order valence-electron chi connectivity index (χ3n) is 4.69. The molecular formula is C20H17F6NO3S. The number of thioether (sulfide) groups is 1. The molecule has 1 unspecified atom stereocenters. The van der Waals surface area contributed by atoms with Gasteiger partial charge in [0, 0.05) is 23.4 Å². The monoisotopic (exact) mass is 465 g/mol. The average Bonchev–Trinajstić information content (AvgIpc) is 3.20. The van der Waals surface area contributed by atoms with Crippen LogP contribution in [0.25, 0.3) is 0 Å². The molecule has 2 aromatic carbocycles. The summed E-state index contributed by atoms with van der Waals surface area (Å²) in [6, 6.07) is 5.84. The van der Waals surface area contributed by atoms with Gasteiger partial charge in [0.2, 0.25) is 0 Å². The quantitative estimate of drug-likeness (QED) is 0.549. The molecule has 0 N–H and O–H groups in total. The second kappa shape index (κ2) is 8.52. The standard InChI is InChI=1S/C20H17F6NO3S/c1-29-15-5-3-4-14(16(15)30-2)18-27(6-7-31-18)17(28)11-8-12(19(21,22)23)10-13(9-11)20(24,25)26/h3-5,8-10,18H,6-7H2,1-2H3. The minimum atomic E-state index is -5.04. The van der Waals surface area contributed by atoms with Gasteiger partial charge in [-0.25, -0.2) is 0 Å². The maximum absolute atomic E-state index is 13.2. The van der Waals surface area contributed by atoms with Crippen LogP contribution in [-0.2, 0) is 12.4 Å². The van der Waals surface area contributed by atoms with Gasteiger partial charge < -0.3 is 14.4 Å². The molecule has 168 valence electrons. The van der Waals surface area contributed by atoms with E-state index >= 15 is 0 Å². The van der Waals surface area contributed by atoms with Crippen LogP contribution in [0.3, 0.4) is 0 Å². The molecule has 0 radical (unpaired) electrons. The van der Waals surface area contributed by atoms with Gasteiger partial charge in [-0.05, 0) is 24.3 Å².